The number of nitrogens with one attached hydrogen (secondary N) is 2. The fourth-order valence-corrected chi connectivity index (χ4v) is 1.92. The summed E-state index contributed by atoms with van der Waals surface area (Å²) in [5.74, 6) is 0.119. The van der Waals surface area contributed by atoms with Crippen LogP contribution in [0.15, 0.2) is 18.2 Å². The van der Waals surface area contributed by atoms with Crippen LogP contribution >= 0.6 is 0 Å². The molecule has 0 fully saturated rings. The van der Waals surface area contributed by atoms with Crippen LogP contribution in [0.3, 0.4) is 0 Å². The molecule has 0 unspecified atom stereocenters. The van der Waals surface area contributed by atoms with Crippen molar-refractivity contribution in [3.63, 3.8) is 0 Å². The summed E-state index contributed by atoms with van der Waals surface area (Å²) in [6.45, 7) is 4.30. The van der Waals surface area contributed by atoms with Crippen LogP contribution in [0.25, 0.3) is 0 Å². The molecule has 0 spiro atoms. The van der Waals surface area contributed by atoms with Gasteiger partial charge in [0.1, 0.15) is 0 Å². The van der Waals surface area contributed by atoms with Crippen molar-refractivity contribution < 1.29 is 4.79 Å². The van der Waals surface area contributed by atoms with Gasteiger partial charge in [0.25, 0.3) is 0 Å². The van der Waals surface area contributed by atoms with Crippen molar-refractivity contribution in [2.24, 2.45) is 0 Å². The number of hydrogen-bond donors (Lipinski definition) is 2. The molecular formula is C13H18N2O. The molecule has 2 N–H and O–H groups in total. The van der Waals surface area contributed by atoms with Crippen molar-refractivity contribution in [2.45, 2.75) is 32.2 Å². The van der Waals surface area contributed by atoms with Crippen molar-refractivity contribution in [1.82, 2.24) is 5.32 Å². The van der Waals surface area contributed by atoms with Gasteiger partial charge >= 0.3 is 0 Å². The monoisotopic (exact) mass is 218 g/mol. The van der Waals surface area contributed by atoms with Crippen LogP contribution in [0, 0.1) is 0 Å². The first-order valence-corrected chi connectivity index (χ1v) is 5.65. The van der Waals surface area contributed by atoms with E-state index >= 15 is 0 Å². The third kappa shape index (κ3) is 1.95. The number of anilines is 1. The fourth-order valence-electron chi connectivity index (χ4n) is 1.92. The molecule has 0 saturated heterocycles. The molecule has 1 amide bonds. The maximum Gasteiger partial charge on any atom is 0.224 e. The first kappa shape index (κ1) is 11.1. The molecular weight excluding hydrogens is 200 g/mol. The minimum atomic E-state index is -0.0313. The minimum Gasteiger partial charge on any atom is -0.326 e. The Morgan fingerprint density at radius 1 is 1.31 bits per heavy atom. The van der Waals surface area contributed by atoms with E-state index in [4.69, 9.17) is 0 Å². The summed E-state index contributed by atoms with van der Waals surface area (Å²) in [7, 11) is 1.96. The van der Waals surface area contributed by atoms with Gasteiger partial charge in [-0.3, -0.25) is 4.79 Å². The van der Waals surface area contributed by atoms with Gasteiger partial charge in [-0.1, -0.05) is 12.1 Å². The molecule has 1 heterocycles. The largest absolute Gasteiger partial charge is 0.326 e. The van der Waals surface area contributed by atoms with Crippen molar-refractivity contribution in [3.8, 4) is 0 Å². The molecule has 0 saturated carbocycles. The number of hydrogen-bond acceptors (Lipinski definition) is 2. The summed E-state index contributed by atoms with van der Waals surface area (Å²) in [4.78, 5) is 11.2. The van der Waals surface area contributed by atoms with Gasteiger partial charge in [-0.15, -0.1) is 0 Å². The summed E-state index contributed by atoms with van der Waals surface area (Å²) in [5.41, 5.74) is 3.42. The lowest BCUT2D eigenvalue weighted by Gasteiger charge is -2.27. The number of benzene rings is 1. The van der Waals surface area contributed by atoms with Crippen molar-refractivity contribution >= 4 is 11.6 Å². The van der Waals surface area contributed by atoms with E-state index < -0.39 is 0 Å². The quantitative estimate of drug-likeness (QED) is 0.797. The molecule has 0 bridgehead atoms. The Hall–Kier alpha value is -1.35. The lowest BCUT2D eigenvalue weighted by atomic mass is 9.90. The predicted molar refractivity (Wildman–Crippen MR) is 65.5 cm³/mol. The normalized spacial score (nSPS) is 15.6. The van der Waals surface area contributed by atoms with Gasteiger partial charge in [0.05, 0.1) is 0 Å². The maximum atomic E-state index is 11.2. The summed E-state index contributed by atoms with van der Waals surface area (Å²) < 4.78 is 0. The predicted octanol–water partition coefficient (Wildman–Crippen LogP) is 2.03. The highest BCUT2D eigenvalue weighted by Crippen LogP contribution is 2.28. The van der Waals surface area contributed by atoms with Crippen molar-refractivity contribution in [3.05, 3.63) is 29.3 Å². The molecule has 86 valence electrons. The van der Waals surface area contributed by atoms with Gasteiger partial charge in [0, 0.05) is 17.6 Å². The number of carbonyl (C=O) groups excluding carboxylic acids is 1. The Labute approximate surface area is 96.2 Å². The Balaban J connectivity index is 2.36. The third-order valence-corrected chi connectivity index (χ3v) is 3.35. The second-order valence-electron chi connectivity index (χ2n) is 4.80. The molecule has 0 radical (unpaired) electrons. The molecule has 1 aliphatic rings. The van der Waals surface area contributed by atoms with Gasteiger partial charge < -0.3 is 10.6 Å². The number of aryl methyl sites for hydroxylation is 1. The average Bonchev–Trinajstić information content (AvgIpc) is 2.28. The summed E-state index contributed by atoms with van der Waals surface area (Å²) >= 11 is 0. The van der Waals surface area contributed by atoms with E-state index in [2.05, 4.69) is 36.6 Å². The van der Waals surface area contributed by atoms with Crippen LogP contribution < -0.4 is 10.6 Å². The lowest BCUT2D eigenvalue weighted by Crippen LogP contribution is -2.33. The number of rotatable bonds is 2. The van der Waals surface area contributed by atoms with E-state index in [0.717, 1.165) is 12.1 Å². The van der Waals surface area contributed by atoms with Gasteiger partial charge in [-0.2, -0.15) is 0 Å². The Morgan fingerprint density at radius 3 is 2.75 bits per heavy atom. The van der Waals surface area contributed by atoms with Crippen LogP contribution in [0.2, 0.25) is 0 Å². The first-order chi connectivity index (χ1) is 7.53. The highest BCUT2D eigenvalue weighted by Gasteiger charge is 2.21. The van der Waals surface area contributed by atoms with E-state index in [-0.39, 0.29) is 11.4 Å². The molecule has 2 rings (SSSR count). The van der Waals surface area contributed by atoms with Crippen LogP contribution in [0.1, 0.15) is 31.4 Å². The standard InChI is InChI=1S/C13H18N2O/c1-13(2,14-3)10-5-6-11-9(8-10)4-7-12(16)15-11/h5-6,8,14H,4,7H2,1-3H3,(H,15,16). The van der Waals surface area contributed by atoms with E-state index in [1.54, 1.807) is 0 Å². The van der Waals surface area contributed by atoms with E-state index in [1.807, 2.05) is 13.1 Å². The smallest absolute Gasteiger partial charge is 0.224 e. The van der Waals surface area contributed by atoms with Gasteiger partial charge in [0.2, 0.25) is 5.91 Å². The molecule has 3 heteroatoms. The minimum absolute atomic E-state index is 0.0313. The second kappa shape index (κ2) is 3.91. The Morgan fingerprint density at radius 2 is 2.06 bits per heavy atom. The van der Waals surface area contributed by atoms with Crippen molar-refractivity contribution in [1.29, 1.82) is 0 Å². The van der Waals surface area contributed by atoms with Crippen LogP contribution in [0.4, 0.5) is 5.69 Å². The molecule has 16 heavy (non-hydrogen) atoms. The van der Waals surface area contributed by atoms with Gasteiger partial charge in [-0.25, -0.2) is 0 Å². The Bertz CT molecular complexity index is 424. The summed E-state index contributed by atoms with van der Waals surface area (Å²) in [6, 6.07) is 6.26. The van der Waals surface area contributed by atoms with E-state index in [9.17, 15) is 4.79 Å². The molecule has 3 nitrogen and oxygen atoms in total. The summed E-state index contributed by atoms with van der Waals surface area (Å²) in [5, 5.41) is 6.18. The SMILES string of the molecule is CNC(C)(C)c1ccc2c(c1)CCC(=O)N2. The highest BCUT2D eigenvalue weighted by atomic mass is 16.1. The third-order valence-electron chi connectivity index (χ3n) is 3.35. The molecule has 1 aromatic carbocycles. The average molecular weight is 218 g/mol. The maximum absolute atomic E-state index is 11.2. The number of carbonyl (C=O) groups is 1. The van der Waals surface area contributed by atoms with Crippen LogP contribution in [0.5, 0.6) is 0 Å². The molecule has 0 atom stereocenters. The molecule has 0 aromatic heterocycles. The van der Waals surface area contributed by atoms with Gasteiger partial charge in [-0.05, 0) is 44.5 Å². The molecule has 0 aliphatic carbocycles. The zero-order valence-electron chi connectivity index (χ0n) is 10.1. The zero-order chi connectivity index (χ0) is 11.8. The van der Waals surface area contributed by atoms with Gasteiger partial charge in [0.15, 0.2) is 0 Å². The van der Waals surface area contributed by atoms with Crippen LogP contribution in [-0.2, 0) is 16.8 Å². The number of fused-ring (bicyclic) bond motifs is 1. The highest BCUT2D eigenvalue weighted by molar-refractivity contribution is 5.93. The van der Waals surface area contributed by atoms with Crippen molar-refractivity contribution in [2.75, 3.05) is 12.4 Å². The first-order valence-electron chi connectivity index (χ1n) is 5.65. The Kier molecular flexibility index (Phi) is 2.72. The topological polar surface area (TPSA) is 41.1 Å². The molecule has 1 aliphatic heterocycles. The molecule has 1 aromatic rings. The van der Waals surface area contributed by atoms with Crippen LogP contribution in [-0.4, -0.2) is 13.0 Å². The zero-order valence-corrected chi connectivity index (χ0v) is 10.1. The fraction of sp³-hybridized carbons (Fsp3) is 0.462. The summed E-state index contributed by atoms with van der Waals surface area (Å²) in [6.07, 6.45) is 1.44. The lowest BCUT2D eigenvalue weighted by molar-refractivity contribution is -0.116. The second-order valence-corrected chi connectivity index (χ2v) is 4.80. The van der Waals surface area contributed by atoms with E-state index in [1.165, 1.54) is 11.1 Å². The van der Waals surface area contributed by atoms with E-state index in [0.29, 0.717) is 6.42 Å². The number of amides is 1.